The molecule has 0 aliphatic rings. The summed E-state index contributed by atoms with van der Waals surface area (Å²) in [5, 5.41) is 4.56. The molecule has 0 spiro atoms. The summed E-state index contributed by atoms with van der Waals surface area (Å²) in [5.41, 5.74) is 0.831. The van der Waals surface area contributed by atoms with Crippen LogP contribution < -0.4 is 14.9 Å². The van der Waals surface area contributed by atoms with Gasteiger partial charge in [0.15, 0.2) is 4.80 Å². The van der Waals surface area contributed by atoms with E-state index in [9.17, 15) is 22.8 Å². The fraction of sp³-hybridized carbons (Fsp3) is 0.333. The number of amides is 2. The molecule has 3 rings (SSSR count). The van der Waals surface area contributed by atoms with Crippen LogP contribution >= 0.6 is 22.9 Å². The van der Waals surface area contributed by atoms with Gasteiger partial charge in [0, 0.05) is 30.2 Å². The van der Waals surface area contributed by atoms with Crippen LogP contribution in [0.2, 0.25) is 5.15 Å². The number of pyridine rings is 1. The molecule has 3 aromatic rings. The van der Waals surface area contributed by atoms with Crippen molar-refractivity contribution in [2.45, 2.75) is 45.7 Å². The minimum absolute atomic E-state index is 0.148. The smallest absolute Gasteiger partial charge is 0.444 e. The molecule has 2 heterocycles. The van der Waals surface area contributed by atoms with E-state index in [1.807, 2.05) is 0 Å². The highest BCUT2D eigenvalue weighted by Gasteiger charge is 2.31. The minimum Gasteiger partial charge on any atom is -0.444 e. The molecule has 37 heavy (non-hydrogen) atoms. The number of carbonyl (C=O) groups is 2. The Labute approximate surface area is 219 Å². The normalized spacial score (nSPS) is 12.4. The molecule has 2 aromatic heterocycles. The van der Waals surface area contributed by atoms with Crippen molar-refractivity contribution in [3.63, 3.8) is 0 Å². The van der Waals surface area contributed by atoms with Gasteiger partial charge >= 0.3 is 12.5 Å². The lowest BCUT2D eigenvalue weighted by atomic mass is 10.1. The lowest BCUT2D eigenvalue weighted by Gasteiger charge is -2.19. The summed E-state index contributed by atoms with van der Waals surface area (Å²) < 4.78 is 48.5. The summed E-state index contributed by atoms with van der Waals surface area (Å²) in [6.07, 6.45) is -3.50. The molecule has 8 nitrogen and oxygen atoms in total. The Kier molecular flexibility index (Phi) is 8.98. The summed E-state index contributed by atoms with van der Waals surface area (Å²) in [5.74, 6) is -0.888. The fourth-order valence-corrected chi connectivity index (χ4v) is 4.23. The van der Waals surface area contributed by atoms with E-state index in [0.29, 0.717) is 29.0 Å². The average molecular weight is 557 g/mol. The van der Waals surface area contributed by atoms with E-state index >= 15 is 0 Å². The van der Waals surface area contributed by atoms with Gasteiger partial charge < -0.3 is 19.4 Å². The van der Waals surface area contributed by atoms with Crippen LogP contribution in [0.4, 0.5) is 18.0 Å². The number of nitrogens with one attached hydrogen (secondary N) is 1. The van der Waals surface area contributed by atoms with Crippen LogP contribution in [-0.4, -0.2) is 40.1 Å². The number of benzene rings is 1. The van der Waals surface area contributed by atoms with E-state index in [4.69, 9.17) is 16.3 Å². The van der Waals surface area contributed by atoms with Crippen molar-refractivity contribution in [2.75, 3.05) is 6.54 Å². The maximum absolute atomic E-state index is 12.7. The van der Waals surface area contributed by atoms with Gasteiger partial charge in [-0.25, -0.2) is 9.78 Å². The molecule has 0 bridgehead atoms. The summed E-state index contributed by atoms with van der Waals surface area (Å²) in [4.78, 5) is 33.1. The molecule has 198 valence electrons. The Balaban J connectivity index is 1.86. The van der Waals surface area contributed by atoms with E-state index in [0.717, 1.165) is 0 Å². The van der Waals surface area contributed by atoms with E-state index in [1.165, 1.54) is 53.9 Å². The van der Waals surface area contributed by atoms with Crippen LogP contribution in [0.5, 0.6) is 5.75 Å². The van der Waals surface area contributed by atoms with Crippen LogP contribution in [0.25, 0.3) is 11.3 Å². The molecule has 1 N–H and O–H groups in total. The average Bonchev–Trinajstić information content (AvgIpc) is 3.17. The van der Waals surface area contributed by atoms with Crippen molar-refractivity contribution < 1.29 is 32.2 Å². The van der Waals surface area contributed by atoms with Crippen molar-refractivity contribution in [2.24, 2.45) is 4.99 Å². The Bertz CT molecular complexity index is 1320. The zero-order valence-corrected chi connectivity index (χ0v) is 21.7. The number of thiazole rings is 1. The summed E-state index contributed by atoms with van der Waals surface area (Å²) in [6, 6.07) is 8.25. The Hall–Kier alpha value is -3.38. The van der Waals surface area contributed by atoms with Gasteiger partial charge in [0.2, 0.25) is 0 Å². The van der Waals surface area contributed by atoms with Crippen molar-refractivity contribution >= 4 is 34.9 Å². The van der Waals surface area contributed by atoms with Crippen LogP contribution in [0.15, 0.2) is 53.0 Å². The largest absolute Gasteiger partial charge is 0.573 e. The number of alkyl halides is 3. The van der Waals surface area contributed by atoms with E-state index < -0.39 is 24.0 Å². The standard InChI is InChI=1S/C24H24ClF3N4O4S/c1-23(2,3)36-22(34)30-10-4-12-32-18(15-5-7-17(8-6-15)35-24(26,27)28)14-37-21(32)31-20(33)16-9-11-29-19(25)13-16/h5-9,11,13-14H,4,10,12H2,1-3H3,(H,30,34). The Morgan fingerprint density at radius 2 is 1.86 bits per heavy atom. The number of hydrogen-bond donors (Lipinski definition) is 1. The van der Waals surface area contributed by atoms with Crippen LogP contribution in [0.1, 0.15) is 37.6 Å². The van der Waals surface area contributed by atoms with Crippen molar-refractivity contribution in [1.29, 1.82) is 0 Å². The van der Waals surface area contributed by atoms with Gasteiger partial charge in [-0.05, 0) is 69.2 Å². The van der Waals surface area contributed by atoms with Crippen LogP contribution in [-0.2, 0) is 11.3 Å². The lowest BCUT2D eigenvalue weighted by molar-refractivity contribution is -0.274. The van der Waals surface area contributed by atoms with E-state index in [-0.39, 0.29) is 23.0 Å². The van der Waals surface area contributed by atoms with Crippen LogP contribution in [0, 0.1) is 0 Å². The first-order chi connectivity index (χ1) is 17.3. The predicted octanol–water partition coefficient (Wildman–Crippen LogP) is 5.82. The number of alkyl carbamates (subject to hydrolysis) is 1. The summed E-state index contributed by atoms with van der Waals surface area (Å²) >= 11 is 7.07. The number of carbonyl (C=O) groups excluding carboxylic acids is 2. The first kappa shape index (κ1) is 28.2. The number of halogens is 4. The first-order valence-electron chi connectivity index (χ1n) is 11.0. The second kappa shape index (κ2) is 11.8. The molecule has 2 amide bonds. The molecule has 13 heteroatoms. The molecule has 0 saturated carbocycles. The number of ether oxygens (including phenoxy) is 2. The van der Waals surface area contributed by atoms with Gasteiger partial charge in [-0.1, -0.05) is 11.6 Å². The Morgan fingerprint density at radius 3 is 2.49 bits per heavy atom. The highest BCUT2D eigenvalue weighted by Crippen LogP contribution is 2.27. The highest BCUT2D eigenvalue weighted by atomic mass is 35.5. The first-order valence-corrected chi connectivity index (χ1v) is 12.3. The molecule has 0 aliphatic heterocycles. The summed E-state index contributed by atoms with van der Waals surface area (Å²) in [7, 11) is 0. The lowest BCUT2D eigenvalue weighted by Crippen LogP contribution is -2.33. The van der Waals surface area contributed by atoms with Gasteiger partial charge in [0.25, 0.3) is 5.91 Å². The maximum atomic E-state index is 12.7. The van der Waals surface area contributed by atoms with Crippen LogP contribution in [0.3, 0.4) is 0 Å². The number of aromatic nitrogens is 2. The number of nitrogens with zero attached hydrogens (tertiary/aromatic N) is 3. The second-order valence-electron chi connectivity index (χ2n) is 8.69. The maximum Gasteiger partial charge on any atom is 0.573 e. The molecule has 0 unspecified atom stereocenters. The monoisotopic (exact) mass is 556 g/mol. The SMILES string of the molecule is CC(C)(C)OC(=O)NCCCn1c(-c2ccc(OC(F)(F)F)cc2)csc1=NC(=O)c1ccnc(Cl)c1. The molecular weight excluding hydrogens is 533 g/mol. The van der Waals surface area contributed by atoms with Gasteiger partial charge in [-0.2, -0.15) is 4.99 Å². The number of hydrogen-bond acceptors (Lipinski definition) is 6. The minimum atomic E-state index is -4.80. The van der Waals surface area contributed by atoms with E-state index in [1.54, 1.807) is 30.7 Å². The molecular formula is C24H24ClF3N4O4S. The third-order valence-electron chi connectivity index (χ3n) is 4.58. The molecule has 0 saturated heterocycles. The molecule has 1 aromatic carbocycles. The summed E-state index contributed by atoms with van der Waals surface area (Å²) in [6.45, 7) is 5.89. The Morgan fingerprint density at radius 1 is 1.16 bits per heavy atom. The third kappa shape index (κ3) is 8.90. The van der Waals surface area contributed by atoms with Gasteiger partial charge in [-0.15, -0.1) is 24.5 Å². The number of rotatable bonds is 7. The van der Waals surface area contributed by atoms with Crippen molar-refractivity contribution in [3.05, 3.63) is 63.5 Å². The van der Waals surface area contributed by atoms with Crippen molar-refractivity contribution in [1.82, 2.24) is 14.9 Å². The second-order valence-corrected chi connectivity index (χ2v) is 9.92. The molecule has 0 fully saturated rings. The fourth-order valence-electron chi connectivity index (χ4n) is 3.12. The molecule has 0 aliphatic carbocycles. The van der Waals surface area contributed by atoms with Gasteiger partial charge in [-0.3, -0.25) is 4.79 Å². The van der Waals surface area contributed by atoms with E-state index in [2.05, 4.69) is 20.0 Å². The molecule has 0 atom stereocenters. The third-order valence-corrected chi connectivity index (χ3v) is 5.65. The topological polar surface area (TPSA) is 94.8 Å². The predicted molar refractivity (Wildman–Crippen MR) is 132 cm³/mol. The van der Waals surface area contributed by atoms with Gasteiger partial charge in [0.05, 0.1) is 5.69 Å². The molecule has 0 radical (unpaired) electrons. The highest BCUT2D eigenvalue weighted by molar-refractivity contribution is 7.07. The quantitative estimate of drug-likeness (QED) is 0.292. The zero-order valence-electron chi connectivity index (χ0n) is 20.1. The van der Waals surface area contributed by atoms with Gasteiger partial charge in [0.1, 0.15) is 16.5 Å². The zero-order chi connectivity index (χ0) is 27.2. The van der Waals surface area contributed by atoms with Crippen molar-refractivity contribution in [3.8, 4) is 17.0 Å².